The van der Waals surface area contributed by atoms with Crippen molar-refractivity contribution >= 4 is 39.2 Å². The van der Waals surface area contributed by atoms with E-state index in [1.54, 1.807) is 0 Å². The van der Waals surface area contributed by atoms with E-state index in [9.17, 15) is 0 Å². The Morgan fingerprint density at radius 1 is 1.11 bits per heavy atom. The fraction of sp³-hybridized carbons (Fsp3) is 0.261. The highest BCUT2D eigenvalue weighted by atomic mass is 35.5. The number of halogens is 1. The monoisotopic (exact) mass is 391 g/mol. The average Bonchev–Trinajstić information content (AvgIpc) is 3.37. The summed E-state index contributed by atoms with van der Waals surface area (Å²) < 4.78 is 7.79. The van der Waals surface area contributed by atoms with E-state index in [0.717, 1.165) is 54.5 Å². The molecule has 5 rings (SSSR count). The molecule has 142 valence electrons. The van der Waals surface area contributed by atoms with E-state index in [2.05, 4.69) is 46.4 Å². The standard InChI is InChI=1S/C23H22ClN3O/c24-18-5-3-4-16(12-18)14-27-10-8-20-22(27)19-6-1-2-7-21(19)26-23(20)25-13-17-9-11-28-15-17/h1-8,10,12,17H,9,11,13-15H2,(H,25,26). The minimum Gasteiger partial charge on any atom is -0.381 e. The van der Waals surface area contributed by atoms with Crippen molar-refractivity contribution in [1.29, 1.82) is 0 Å². The predicted octanol–water partition coefficient (Wildman–Crippen LogP) is 5.34. The van der Waals surface area contributed by atoms with Crippen LogP contribution >= 0.6 is 11.6 Å². The van der Waals surface area contributed by atoms with Crippen molar-refractivity contribution in [2.75, 3.05) is 25.1 Å². The van der Waals surface area contributed by atoms with Crippen LogP contribution < -0.4 is 5.32 Å². The number of pyridine rings is 1. The van der Waals surface area contributed by atoms with E-state index in [1.165, 1.54) is 16.5 Å². The zero-order valence-electron chi connectivity index (χ0n) is 15.6. The van der Waals surface area contributed by atoms with Crippen molar-refractivity contribution in [2.45, 2.75) is 13.0 Å². The maximum absolute atomic E-state index is 6.19. The first-order chi connectivity index (χ1) is 13.8. The van der Waals surface area contributed by atoms with Crippen LogP contribution in [0, 0.1) is 5.92 Å². The molecule has 0 bridgehead atoms. The second-order valence-electron chi connectivity index (χ2n) is 7.42. The van der Waals surface area contributed by atoms with Gasteiger partial charge >= 0.3 is 0 Å². The van der Waals surface area contributed by atoms with Gasteiger partial charge in [0.15, 0.2) is 0 Å². The van der Waals surface area contributed by atoms with E-state index in [4.69, 9.17) is 21.3 Å². The molecule has 2 aromatic heterocycles. The van der Waals surface area contributed by atoms with Gasteiger partial charge in [-0.25, -0.2) is 4.98 Å². The van der Waals surface area contributed by atoms with Gasteiger partial charge in [-0.05, 0) is 36.2 Å². The fourth-order valence-corrected chi connectivity index (χ4v) is 4.21. The third-order valence-corrected chi connectivity index (χ3v) is 5.67. The lowest BCUT2D eigenvalue weighted by Crippen LogP contribution is -2.15. The summed E-state index contributed by atoms with van der Waals surface area (Å²) in [5.74, 6) is 1.50. The first-order valence-corrected chi connectivity index (χ1v) is 10.1. The first kappa shape index (κ1) is 17.5. The van der Waals surface area contributed by atoms with Crippen molar-refractivity contribution in [3.8, 4) is 0 Å². The zero-order valence-corrected chi connectivity index (χ0v) is 16.3. The molecule has 0 aliphatic carbocycles. The number of hydrogen-bond acceptors (Lipinski definition) is 3. The van der Waals surface area contributed by atoms with Gasteiger partial charge in [0.25, 0.3) is 0 Å². The lowest BCUT2D eigenvalue weighted by Gasteiger charge is -2.14. The normalized spacial score (nSPS) is 16.8. The zero-order chi connectivity index (χ0) is 18.9. The molecule has 1 unspecified atom stereocenters. The molecule has 3 heterocycles. The molecular weight excluding hydrogens is 370 g/mol. The number of benzene rings is 2. The van der Waals surface area contributed by atoms with Crippen LogP contribution in [0.5, 0.6) is 0 Å². The summed E-state index contributed by atoms with van der Waals surface area (Å²) in [6, 6.07) is 18.5. The Kier molecular flexibility index (Phi) is 4.67. The molecule has 1 atom stereocenters. The summed E-state index contributed by atoms with van der Waals surface area (Å²) in [6.45, 7) is 3.36. The van der Waals surface area contributed by atoms with Crippen LogP contribution in [-0.4, -0.2) is 29.3 Å². The SMILES string of the molecule is Clc1cccc(Cn2ccc3c(NCC4CCOC4)nc4ccccc4c32)c1. The van der Waals surface area contributed by atoms with Gasteiger partial charge < -0.3 is 14.6 Å². The van der Waals surface area contributed by atoms with E-state index in [0.29, 0.717) is 5.92 Å². The minimum absolute atomic E-state index is 0.553. The number of nitrogens with zero attached hydrogens (tertiary/aromatic N) is 2. The molecule has 4 nitrogen and oxygen atoms in total. The number of anilines is 1. The van der Waals surface area contributed by atoms with Crippen LogP contribution in [0.1, 0.15) is 12.0 Å². The summed E-state index contributed by atoms with van der Waals surface area (Å²) in [7, 11) is 0. The Morgan fingerprint density at radius 2 is 2.04 bits per heavy atom. The number of aromatic nitrogens is 2. The first-order valence-electron chi connectivity index (χ1n) is 9.71. The molecular formula is C23H22ClN3O. The highest BCUT2D eigenvalue weighted by Crippen LogP contribution is 2.31. The molecule has 4 aromatic rings. The quantitative estimate of drug-likeness (QED) is 0.499. The molecule has 0 amide bonds. The topological polar surface area (TPSA) is 39.1 Å². The van der Waals surface area contributed by atoms with Crippen molar-refractivity contribution in [2.24, 2.45) is 5.92 Å². The highest BCUT2D eigenvalue weighted by Gasteiger charge is 2.17. The van der Waals surface area contributed by atoms with Gasteiger partial charge in [0.05, 0.1) is 17.6 Å². The Morgan fingerprint density at radius 3 is 2.89 bits per heavy atom. The lowest BCUT2D eigenvalue weighted by molar-refractivity contribution is 0.187. The molecule has 1 saturated heterocycles. The summed E-state index contributed by atoms with van der Waals surface area (Å²) in [6.07, 6.45) is 3.25. The van der Waals surface area contributed by atoms with Gasteiger partial charge in [-0.2, -0.15) is 0 Å². The molecule has 0 radical (unpaired) electrons. The Bertz CT molecular complexity index is 1130. The molecule has 1 aliphatic heterocycles. The van der Waals surface area contributed by atoms with E-state index in [-0.39, 0.29) is 0 Å². The number of ether oxygens (including phenoxy) is 1. The Hall–Kier alpha value is -2.56. The van der Waals surface area contributed by atoms with Crippen molar-refractivity contribution in [3.63, 3.8) is 0 Å². The summed E-state index contributed by atoms with van der Waals surface area (Å²) >= 11 is 6.19. The van der Waals surface area contributed by atoms with Crippen LogP contribution in [0.2, 0.25) is 5.02 Å². The van der Waals surface area contributed by atoms with Crippen LogP contribution in [0.15, 0.2) is 60.8 Å². The van der Waals surface area contributed by atoms with E-state index in [1.807, 2.05) is 24.3 Å². The fourth-order valence-electron chi connectivity index (χ4n) is 4.00. The minimum atomic E-state index is 0.553. The maximum atomic E-state index is 6.19. The van der Waals surface area contributed by atoms with E-state index >= 15 is 0 Å². The van der Waals surface area contributed by atoms with Crippen LogP contribution in [0.4, 0.5) is 5.82 Å². The molecule has 1 N–H and O–H groups in total. The predicted molar refractivity (Wildman–Crippen MR) is 115 cm³/mol. The largest absolute Gasteiger partial charge is 0.381 e. The Balaban J connectivity index is 1.58. The summed E-state index contributed by atoms with van der Waals surface area (Å²) in [4.78, 5) is 4.91. The van der Waals surface area contributed by atoms with Crippen LogP contribution in [0.3, 0.4) is 0 Å². The molecule has 0 saturated carbocycles. The summed E-state index contributed by atoms with van der Waals surface area (Å²) in [5, 5.41) is 6.67. The second kappa shape index (κ2) is 7.46. The number of hydrogen-bond donors (Lipinski definition) is 1. The van der Waals surface area contributed by atoms with Crippen LogP contribution in [-0.2, 0) is 11.3 Å². The second-order valence-corrected chi connectivity index (χ2v) is 7.86. The molecule has 28 heavy (non-hydrogen) atoms. The van der Waals surface area contributed by atoms with Gasteiger partial charge in [-0.3, -0.25) is 0 Å². The average molecular weight is 392 g/mol. The van der Waals surface area contributed by atoms with E-state index < -0.39 is 0 Å². The van der Waals surface area contributed by atoms with Crippen molar-refractivity contribution < 1.29 is 4.74 Å². The Labute approximate surface area is 169 Å². The van der Waals surface area contributed by atoms with Crippen LogP contribution in [0.25, 0.3) is 21.8 Å². The van der Waals surface area contributed by atoms with Gasteiger partial charge in [-0.1, -0.05) is 41.9 Å². The molecule has 1 aliphatic rings. The number of para-hydroxylation sites is 1. The third-order valence-electron chi connectivity index (χ3n) is 5.43. The number of fused-ring (bicyclic) bond motifs is 3. The van der Waals surface area contributed by atoms with Gasteiger partial charge in [0.1, 0.15) is 5.82 Å². The number of nitrogens with one attached hydrogen (secondary N) is 1. The van der Waals surface area contributed by atoms with Gasteiger partial charge in [0, 0.05) is 47.6 Å². The molecule has 1 fully saturated rings. The molecule has 5 heteroatoms. The third kappa shape index (κ3) is 3.34. The maximum Gasteiger partial charge on any atom is 0.136 e. The lowest BCUT2D eigenvalue weighted by atomic mass is 10.1. The number of rotatable bonds is 5. The van der Waals surface area contributed by atoms with Gasteiger partial charge in [0.2, 0.25) is 0 Å². The molecule has 0 spiro atoms. The highest BCUT2D eigenvalue weighted by molar-refractivity contribution is 6.30. The van der Waals surface area contributed by atoms with Gasteiger partial charge in [-0.15, -0.1) is 0 Å². The smallest absolute Gasteiger partial charge is 0.136 e. The van der Waals surface area contributed by atoms with Crippen molar-refractivity contribution in [3.05, 3.63) is 71.4 Å². The van der Waals surface area contributed by atoms with Crippen molar-refractivity contribution in [1.82, 2.24) is 9.55 Å². The summed E-state index contributed by atoms with van der Waals surface area (Å²) in [5.41, 5.74) is 3.39. The molecule has 2 aromatic carbocycles.